The number of aromatic nitrogens is 4. The number of hydrogen-bond donors (Lipinski definition) is 2. The maximum atomic E-state index is 10.2. The summed E-state index contributed by atoms with van der Waals surface area (Å²) in [5.74, 6) is 1.22. The van der Waals surface area contributed by atoms with Crippen molar-refractivity contribution < 1.29 is 72.6 Å². The van der Waals surface area contributed by atoms with E-state index < -0.39 is 17.9 Å². The van der Waals surface area contributed by atoms with Crippen molar-refractivity contribution in [3.8, 4) is 11.5 Å². The molecule has 0 saturated heterocycles. The van der Waals surface area contributed by atoms with Crippen LogP contribution in [0.3, 0.4) is 0 Å². The monoisotopic (exact) mass is 687 g/mol. The number of carbonyl (C=O) groups excluding carboxylic acids is 4. The van der Waals surface area contributed by atoms with Gasteiger partial charge < -0.3 is 33.2 Å². The van der Waals surface area contributed by atoms with E-state index in [0.29, 0.717) is 11.4 Å². The van der Waals surface area contributed by atoms with Gasteiger partial charge in [-0.15, -0.1) is 0 Å². The van der Waals surface area contributed by atoms with Gasteiger partial charge in [0.25, 0.3) is 0 Å². The summed E-state index contributed by atoms with van der Waals surface area (Å²) in [4.78, 5) is 62.2. The SMILES string of the molecule is CC.CC(=O)OOC(C)=O.COc1ccc(C=O)cc1.COc1ccc(CNc2ccncn2)cc1.Nc1ccncn1.[B-]OC(C)=O.[Na+]. The van der Waals surface area contributed by atoms with Crippen LogP contribution in [0.1, 0.15) is 50.5 Å². The Bertz CT molecular complexity index is 1390. The minimum Gasteiger partial charge on any atom is -0.793 e. The summed E-state index contributed by atoms with van der Waals surface area (Å²) in [6.45, 7) is 8.26. The van der Waals surface area contributed by atoms with E-state index >= 15 is 0 Å². The third-order valence-corrected chi connectivity index (χ3v) is 4.51. The third kappa shape index (κ3) is 30.1. The average molecular weight is 688 g/mol. The fraction of sp³-hybridized carbons (Fsp3) is 0.250. The first-order valence-corrected chi connectivity index (χ1v) is 14.0. The Morgan fingerprint density at radius 3 is 1.51 bits per heavy atom. The largest absolute Gasteiger partial charge is 1.00 e. The van der Waals surface area contributed by atoms with E-state index in [2.05, 4.69) is 47.7 Å². The molecule has 0 unspecified atom stereocenters. The molecule has 4 aromatic rings. The van der Waals surface area contributed by atoms with Gasteiger partial charge in [0.2, 0.25) is 5.97 Å². The van der Waals surface area contributed by atoms with Crippen LogP contribution in [0.4, 0.5) is 11.6 Å². The first-order valence-electron chi connectivity index (χ1n) is 14.0. The van der Waals surface area contributed by atoms with E-state index in [9.17, 15) is 19.2 Å². The molecule has 0 bridgehead atoms. The molecule has 0 fully saturated rings. The molecule has 0 saturated carbocycles. The first kappa shape index (κ1) is 48.3. The molecule has 0 amide bonds. The second kappa shape index (κ2) is 32.9. The maximum absolute atomic E-state index is 10.2. The smallest absolute Gasteiger partial charge is 0.793 e. The summed E-state index contributed by atoms with van der Waals surface area (Å²) in [6.07, 6.45) is 7.05. The van der Waals surface area contributed by atoms with E-state index in [1.165, 1.54) is 25.1 Å². The van der Waals surface area contributed by atoms with E-state index in [4.69, 9.17) is 15.2 Å². The van der Waals surface area contributed by atoms with Crippen LogP contribution in [-0.2, 0) is 35.4 Å². The van der Waals surface area contributed by atoms with Crippen LogP contribution in [0.2, 0.25) is 0 Å². The van der Waals surface area contributed by atoms with Crippen LogP contribution in [0.5, 0.6) is 11.5 Å². The number of benzene rings is 2. The molecular weight excluding hydrogens is 646 g/mol. The summed E-state index contributed by atoms with van der Waals surface area (Å²) >= 11 is 0. The number of aldehydes is 1. The normalized spacial score (nSPS) is 8.33. The van der Waals surface area contributed by atoms with E-state index in [-0.39, 0.29) is 29.6 Å². The second-order valence-corrected chi connectivity index (χ2v) is 8.08. The molecule has 17 heteroatoms. The van der Waals surface area contributed by atoms with Crippen molar-refractivity contribution in [3.05, 3.63) is 96.8 Å². The number of ether oxygens (including phenoxy) is 2. The summed E-state index contributed by atoms with van der Waals surface area (Å²) in [7, 11) is 7.58. The van der Waals surface area contributed by atoms with Crippen LogP contribution in [0, 0.1) is 0 Å². The zero-order chi connectivity index (χ0) is 36.6. The van der Waals surface area contributed by atoms with Gasteiger partial charge in [0.1, 0.15) is 42.1 Å². The van der Waals surface area contributed by atoms with Gasteiger partial charge >= 0.3 is 41.5 Å². The van der Waals surface area contributed by atoms with Crippen LogP contribution >= 0.6 is 0 Å². The number of carbonyl (C=O) groups is 4. The molecule has 0 aliphatic heterocycles. The number of nitrogens with two attached hydrogens (primary N) is 1. The number of nitrogen functional groups attached to an aromatic ring is 1. The second-order valence-electron chi connectivity index (χ2n) is 8.08. The first-order chi connectivity index (χ1) is 23.0. The van der Waals surface area contributed by atoms with Gasteiger partial charge in [-0.1, -0.05) is 26.0 Å². The van der Waals surface area contributed by atoms with Crippen molar-refractivity contribution in [1.29, 1.82) is 0 Å². The zero-order valence-electron chi connectivity index (χ0n) is 29.0. The number of nitrogens with one attached hydrogen (secondary N) is 1. The Kier molecular flexibility index (Phi) is 32.4. The average Bonchev–Trinajstić information content (AvgIpc) is 3.12. The van der Waals surface area contributed by atoms with Crippen LogP contribution in [-0.4, -0.2) is 66.4 Å². The molecule has 0 atom stereocenters. The van der Waals surface area contributed by atoms with Crippen LogP contribution in [0.15, 0.2) is 85.7 Å². The predicted molar refractivity (Wildman–Crippen MR) is 180 cm³/mol. The van der Waals surface area contributed by atoms with Crippen molar-refractivity contribution >= 4 is 43.9 Å². The van der Waals surface area contributed by atoms with Crippen molar-refractivity contribution in [2.45, 2.75) is 41.2 Å². The maximum Gasteiger partial charge on any atom is 1.00 e. The molecule has 15 nitrogen and oxygen atoms in total. The van der Waals surface area contributed by atoms with Crippen molar-refractivity contribution in [1.82, 2.24) is 19.9 Å². The number of nitrogens with zero attached hydrogens (tertiary/aromatic N) is 4. The Labute approximate surface area is 310 Å². The minimum absolute atomic E-state index is 0. The fourth-order valence-corrected chi connectivity index (χ4v) is 2.43. The Hall–Kier alpha value is -5.06. The van der Waals surface area contributed by atoms with Crippen molar-refractivity contribution in [2.75, 3.05) is 25.3 Å². The van der Waals surface area contributed by atoms with Crippen LogP contribution in [0.25, 0.3) is 0 Å². The zero-order valence-corrected chi connectivity index (χ0v) is 31.0. The molecular formula is C32H41BN6NaO9. The molecule has 257 valence electrons. The molecule has 2 aromatic heterocycles. The van der Waals surface area contributed by atoms with Crippen molar-refractivity contribution in [2.24, 2.45) is 0 Å². The van der Waals surface area contributed by atoms with E-state index in [1.54, 1.807) is 56.9 Å². The standard InChI is InChI=1S/C12H13N3O.C8H8O2.C4H5N3.C4H6O4.C2H3BO2.C2H6.Na/c1-16-11-4-2-10(3-5-11)8-14-12-6-7-13-9-15-12;1-10-8-4-2-7(6-9)3-5-8;5-4-1-2-6-3-7-4;1-3(5)7-8-4(2)6;1-2(4)5-3;1-2;/h2-7,9H,8H2,1H3,(H,13,14,15);2-6H,1H3;1-3H,(H2,5,6,7);1-2H3;1H3;1-2H3;/q;;;;-1;;+1. The van der Waals surface area contributed by atoms with Gasteiger partial charge in [0, 0.05) is 45.3 Å². The van der Waals surface area contributed by atoms with Gasteiger partial charge in [0.05, 0.1) is 14.2 Å². The topological polar surface area (TPSA) is 204 Å². The number of methoxy groups -OCH3 is 2. The molecule has 2 heterocycles. The minimum atomic E-state index is -0.639. The van der Waals surface area contributed by atoms with Crippen molar-refractivity contribution in [3.63, 3.8) is 0 Å². The summed E-state index contributed by atoms with van der Waals surface area (Å²) in [6, 6.07) is 18.3. The molecule has 0 aliphatic carbocycles. The summed E-state index contributed by atoms with van der Waals surface area (Å²) in [5.41, 5.74) is 7.05. The fourth-order valence-electron chi connectivity index (χ4n) is 2.43. The van der Waals surface area contributed by atoms with Gasteiger partial charge in [-0.05, 0) is 54.1 Å². The van der Waals surface area contributed by atoms with E-state index in [0.717, 1.165) is 44.0 Å². The molecule has 0 spiro atoms. The molecule has 3 N–H and O–H groups in total. The molecule has 3 radical (unpaired) electrons. The summed E-state index contributed by atoms with van der Waals surface area (Å²) in [5, 5.41) is 3.21. The Morgan fingerprint density at radius 2 is 1.20 bits per heavy atom. The molecule has 0 aliphatic rings. The van der Waals surface area contributed by atoms with Gasteiger partial charge in [-0.2, -0.15) is 0 Å². The number of rotatable bonds is 6. The molecule has 2 aromatic carbocycles. The van der Waals surface area contributed by atoms with Gasteiger partial charge in [-0.3, -0.25) is 9.59 Å². The Balaban J connectivity index is -0.000000562. The van der Waals surface area contributed by atoms with Gasteiger partial charge in [-0.25, -0.2) is 39.3 Å². The predicted octanol–water partition coefficient (Wildman–Crippen LogP) is 1.35. The van der Waals surface area contributed by atoms with Crippen LogP contribution < -0.4 is 50.1 Å². The molecule has 4 rings (SSSR count). The number of anilines is 2. The Morgan fingerprint density at radius 1 is 0.755 bits per heavy atom. The van der Waals surface area contributed by atoms with E-state index in [1.807, 2.05) is 44.2 Å². The van der Waals surface area contributed by atoms with Gasteiger partial charge in [0.15, 0.2) is 0 Å². The quantitative estimate of drug-likeness (QED) is 0.127. The number of hydrogen-bond acceptors (Lipinski definition) is 15. The molecule has 49 heavy (non-hydrogen) atoms. The summed E-state index contributed by atoms with van der Waals surface area (Å²) < 4.78 is 13.6. The third-order valence-electron chi connectivity index (χ3n) is 4.51.